The van der Waals surface area contributed by atoms with E-state index in [4.69, 9.17) is 25.8 Å². The zero-order valence-corrected chi connectivity index (χ0v) is 17.6. The van der Waals surface area contributed by atoms with E-state index in [0.717, 1.165) is 0 Å². The second kappa shape index (κ2) is 10.5. The zero-order chi connectivity index (χ0) is 23.4. The van der Waals surface area contributed by atoms with Crippen LogP contribution in [-0.4, -0.2) is 62.4 Å². The van der Waals surface area contributed by atoms with E-state index in [2.05, 4.69) is 10.1 Å². The molecule has 1 N–H and O–H groups in total. The monoisotopic (exact) mass is 487 g/mol. The van der Waals surface area contributed by atoms with Crippen molar-refractivity contribution in [3.05, 3.63) is 29.3 Å². The average Bonchev–Trinajstić information content (AvgIpc) is 2.69. The first kappa shape index (κ1) is 24.9. The Balaban J connectivity index is 1.32. The lowest BCUT2D eigenvalue weighted by molar-refractivity contribution is -0.358. The Hall–Kier alpha value is -1.69. The second-order valence-electron chi connectivity index (χ2n) is 7.76. The van der Waals surface area contributed by atoms with E-state index in [0.29, 0.717) is 10.8 Å². The minimum atomic E-state index is -4.75. The fraction of sp³-hybridized carbons (Fsp3) is 0.650. The molecule has 1 aliphatic heterocycles. The standard InChI is InChI=1S/C20H23ClF5NO5/c21-12-1-4-14(5-2-12)29-10-18(28)27-13-3-6-17(30-9-13)19(22,23)11-31-15-7-16(8-15)32-20(24,25)26/h1-2,4-5,13,15-17H,3,6-11H2,(H,27,28)/t13-,15?,16?,17+/m1/s1. The maximum atomic E-state index is 14.3. The molecule has 2 aliphatic rings. The van der Waals surface area contributed by atoms with Crippen LogP contribution in [0.25, 0.3) is 0 Å². The number of benzene rings is 1. The Bertz CT molecular complexity index is 750. The molecule has 0 aromatic heterocycles. The summed E-state index contributed by atoms with van der Waals surface area (Å²) in [4.78, 5) is 12.0. The van der Waals surface area contributed by atoms with E-state index >= 15 is 0 Å². The van der Waals surface area contributed by atoms with Gasteiger partial charge in [0.1, 0.15) is 18.5 Å². The Morgan fingerprint density at radius 1 is 1.09 bits per heavy atom. The summed E-state index contributed by atoms with van der Waals surface area (Å²) < 4.78 is 84.3. The molecule has 32 heavy (non-hydrogen) atoms. The average molecular weight is 488 g/mol. The first-order valence-corrected chi connectivity index (χ1v) is 10.4. The number of nitrogens with one attached hydrogen (secondary N) is 1. The van der Waals surface area contributed by atoms with Gasteiger partial charge in [0.05, 0.1) is 24.9 Å². The molecule has 3 rings (SSSR count). The van der Waals surface area contributed by atoms with E-state index in [-0.39, 0.29) is 38.9 Å². The maximum Gasteiger partial charge on any atom is 0.522 e. The van der Waals surface area contributed by atoms with Crippen molar-refractivity contribution in [2.75, 3.05) is 19.8 Å². The van der Waals surface area contributed by atoms with E-state index in [9.17, 15) is 26.7 Å². The van der Waals surface area contributed by atoms with Crippen LogP contribution in [0.2, 0.25) is 5.02 Å². The molecule has 0 spiro atoms. The number of halogens is 6. The first-order chi connectivity index (χ1) is 15.0. The number of hydrogen-bond donors (Lipinski definition) is 1. The molecule has 1 aliphatic carbocycles. The van der Waals surface area contributed by atoms with Crippen molar-refractivity contribution in [1.82, 2.24) is 5.32 Å². The lowest BCUT2D eigenvalue weighted by Crippen LogP contribution is -2.51. The van der Waals surface area contributed by atoms with Gasteiger partial charge in [-0.25, -0.2) is 8.78 Å². The highest BCUT2D eigenvalue weighted by atomic mass is 35.5. The summed E-state index contributed by atoms with van der Waals surface area (Å²) in [5.74, 6) is -3.25. The van der Waals surface area contributed by atoms with Crippen molar-refractivity contribution in [3.8, 4) is 5.75 Å². The quantitative estimate of drug-likeness (QED) is 0.531. The van der Waals surface area contributed by atoms with Gasteiger partial charge >= 0.3 is 6.36 Å². The second-order valence-corrected chi connectivity index (χ2v) is 8.19. The van der Waals surface area contributed by atoms with Crippen LogP contribution in [0.3, 0.4) is 0 Å². The fourth-order valence-corrected chi connectivity index (χ4v) is 3.53. The molecule has 6 nitrogen and oxygen atoms in total. The molecule has 1 aromatic rings. The summed E-state index contributed by atoms with van der Waals surface area (Å²) in [5, 5.41) is 3.20. The lowest BCUT2D eigenvalue weighted by Gasteiger charge is -2.38. The van der Waals surface area contributed by atoms with Crippen LogP contribution in [0.1, 0.15) is 25.7 Å². The summed E-state index contributed by atoms with van der Waals surface area (Å²) in [6, 6.07) is 6.03. The van der Waals surface area contributed by atoms with Gasteiger partial charge in [0.2, 0.25) is 0 Å². The number of hydrogen-bond acceptors (Lipinski definition) is 5. The topological polar surface area (TPSA) is 66.0 Å². The summed E-state index contributed by atoms with van der Waals surface area (Å²) in [6.45, 7) is -1.29. The smallest absolute Gasteiger partial charge is 0.484 e. The van der Waals surface area contributed by atoms with Crippen LogP contribution in [0.5, 0.6) is 5.75 Å². The normalized spacial score (nSPS) is 26.3. The van der Waals surface area contributed by atoms with Crippen molar-refractivity contribution >= 4 is 17.5 Å². The minimum absolute atomic E-state index is 0.0101. The number of carbonyl (C=O) groups excluding carboxylic acids is 1. The number of amides is 1. The predicted octanol–water partition coefficient (Wildman–Crippen LogP) is 4.10. The highest BCUT2D eigenvalue weighted by Gasteiger charge is 2.46. The Labute approximate surface area is 186 Å². The number of rotatable bonds is 9. The lowest BCUT2D eigenvalue weighted by atomic mass is 9.92. The van der Waals surface area contributed by atoms with Gasteiger partial charge in [0.15, 0.2) is 6.61 Å². The molecule has 1 saturated heterocycles. The van der Waals surface area contributed by atoms with Crippen LogP contribution in [0.4, 0.5) is 22.0 Å². The minimum Gasteiger partial charge on any atom is -0.484 e. The van der Waals surface area contributed by atoms with E-state index in [1.807, 2.05) is 0 Å². The Morgan fingerprint density at radius 2 is 1.78 bits per heavy atom. The molecule has 2 atom stereocenters. The Kier molecular flexibility index (Phi) is 8.18. The van der Waals surface area contributed by atoms with Crippen LogP contribution >= 0.6 is 11.6 Å². The molecule has 0 unspecified atom stereocenters. The SMILES string of the molecule is O=C(COc1ccc(Cl)cc1)N[C@@H]1CC[C@@H](C(F)(F)COC2CC(OC(F)(F)F)C2)OC1. The molecule has 2 fully saturated rings. The molecular weight excluding hydrogens is 465 g/mol. The fourth-order valence-electron chi connectivity index (χ4n) is 3.41. The molecule has 1 amide bonds. The van der Waals surface area contributed by atoms with Gasteiger partial charge in [0.25, 0.3) is 11.8 Å². The molecule has 180 valence electrons. The summed E-state index contributed by atoms with van der Waals surface area (Å²) in [6.07, 6.45) is -7.83. The highest BCUT2D eigenvalue weighted by molar-refractivity contribution is 6.30. The first-order valence-electron chi connectivity index (χ1n) is 10.0. The van der Waals surface area contributed by atoms with Crippen LogP contribution < -0.4 is 10.1 Å². The molecule has 0 bridgehead atoms. The molecule has 0 radical (unpaired) electrons. The van der Waals surface area contributed by atoms with Gasteiger partial charge in [-0.05, 0) is 37.1 Å². The molecule has 1 aromatic carbocycles. The highest BCUT2D eigenvalue weighted by Crippen LogP contribution is 2.35. The van der Waals surface area contributed by atoms with Crippen LogP contribution in [0, 0.1) is 0 Å². The number of alkyl halides is 5. The third-order valence-electron chi connectivity index (χ3n) is 5.16. The maximum absolute atomic E-state index is 14.3. The molecular formula is C20H23ClF5NO5. The number of carbonyl (C=O) groups is 1. The van der Waals surface area contributed by atoms with Gasteiger partial charge in [0, 0.05) is 17.9 Å². The van der Waals surface area contributed by atoms with E-state index < -0.39 is 49.2 Å². The van der Waals surface area contributed by atoms with Gasteiger partial charge in [-0.15, -0.1) is 13.2 Å². The largest absolute Gasteiger partial charge is 0.522 e. The molecule has 1 heterocycles. The summed E-state index contributed by atoms with van der Waals surface area (Å²) in [5.41, 5.74) is 0. The number of ether oxygens (including phenoxy) is 4. The van der Waals surface area contributed by atoms with Crippen molar-refractivity contribution in [2.24, 2.45) is 0 Å². The van der Waals surface area contributed by atoms with Gasteiger partial charge in [-0.2, -0.15) is 0 Å². The van der Waals surface area contributed by atoms with Crippen LogP contribution in [-0.2, 0) is 19.0 Å². The van der Waals surface area contributed by atoms with Gasteiger partial charge in [-0.1, -0.05) is 11.6 Å². The third-order valence-corrected chi connectivity index (χ3v) is 5.41. The summed E-state index contributed by atoms with van der Waals surface area (Å²) in [7, 11) is 0. The van der Waals surface area contributed by atoms with Gasteiger partial charge in [-0.3, -0.25) is 9.53 Å². The molecule has 1 saturated carbocycles. The third kappa shape index (κ3) is 7.72. The van der Waals surface area contributed by atoms with E-state index in [1.54, 1.807) is 24.3 Å². The predicted molar refractivity (Wildman–Crippen MR) is 103 cm³/mol. The van der Waals surface area contributed by atoms with E-state index in [1.165, 1.54) is 0 Å². The Morgan fingerprint density at radius 3 is 2.38 bits per heavy atom. The summed E-state index contributed by atoms with van der Waals surface area (Å²) >= 11 is 5.77. The van der Waals surface area contributed by atoms with Crippen molar-refractivity contribution in [3.63, 3.8) is 0 Å². The van der Waals surface area contributed by atoms with Crippen molar-refractivity contribution in [1.29, 1.82) is 0 Å². The zero-order valence-electron chi connectivity index (χ0n) is 16.9. The van der Waals surface area contributed by atoms with Gasteiger partial charge < -0.3 is 19.5 Å². The van der Waals surface area contributed by atoms with Crippen molar-refractivity contribution in [2.45, 2.75) is 62.3 Å². The molecule has 12 heteroatoms. The van der Waals surface area contributed by atoms with Crippen molar-refractivity contribution < 1.29 is 45.7 Å². The van der Waals surface area contributed by atoms with Crippen LogP contribution in [0.15, 0.2) is 24.3 Å².